The molecule has 0 unspecified atom stereocenters. The van der Waals surface area contributed by atoms with Crippen LogP contribution in [0.4, 0.5) is 0 Å². The van der Waals surface area contributed by atoms with Gasteiger partial charge in [-0.2, -0.15) is 5.10 Å². The molecule has 14 heavy (non-hydrogen) atoms. The van der Waals surface area contributed by atoms with Crippen LogP contribution in [0.2, 0.25) is 5.02 Å². The summed E-state index contributed by atoms with van der Waals surface area (Å²) in [6, 6.07) is 4.83. The van der Waals surface area contributed by atoms with E-state index in [0.717, 1.165) is 0 Å². The zero-order valence-electron chi connectivity index (χ0n) is 6.66. The molecule has 1 heterocycles. The summed E-state index contributed by atoms with van der Waals surface area (Å²) in [4.78, 5) is 0. The topological polar surface area (TPSA) is 62.8 Å². The molecule has 0 aliphatic carbocycles. The maximum Gasteiger partial charge on any atom is 0.278 e. The van der Waals surface area contributed by atoms with Crippen LogP contribution >= 0.6 is 22.3 Å². The molecule has 0 saturated carbocycles. The number of H-pyrrole nitrogens is 1. The number of rotatable bonds is 1. The van der Waals surface area contributed by atoms with Crippen molar-refractivity contribution in [1.82, 2.24) is 10.2 Å². The van der Waals surface area contributed by atoms with Gasteiger partial charge in [-0.25, -0.2) is 8.42 Å². The van der Waals surface area contributed by atoms with Gasteiger partial charge in [-0.3, -0.25) is 5.10 Å². The molecule has 4 nitrogen and oxygen atoms in total. The molecule has 0 spiro atoms. The summed E-state index contributed by atoms with van der Waals surface area (Å²) in [5.74, 6) is 0. The maximum atomic E-state index is 11.1. The van der Waals surface area contributed by atoms with Crippen LogP contribution in [0.25, 0.3) is 10.9 Å². The number of aromatic nitrogens is 2. The van der Waals surface area contributed by atoms with Gasteiger partial charge in [0.15, 0.2) is 5.03 Å². The molecule has 0 radical (unpaired) electrons. The van der Waals surface area contributed by atoms with E-state index in [1.807, 2.05) is 0 Å². The second-order valence-electron chi connectivity index (χ2n) is 2.63. The molecule has 7 heteroatoms. The second kappa shape index (κ2) is 3.12. The van der Waals surface area contributed by atoms with E-state index < -0.39 is 9.05 Å². The van der Waals surface area contributed by atoms with E-state index in [0.29, 0.717) is 15.9 Å². The van der Waals surface area contributed by atoms with Crippen molar-refractivity contribution in [3.63, 3.8) is 0 Å². The molecule has 0 aliphatic rings. The van der Waals surface area contributed by atoms with Gasteiger partial charge in [-0.1, -0.05) is 17.7 Å². The number of hydrogen-bond donors (Lipinski definition) is 1. The number of halogens is 2. The lowest BCUT2D eigenvalue weighted by atomic mass is 10.3. The van der Waals surface area contributed by atoms with E-state index in [9.17, 15) is 8.42 Å². The largest absolute Gasteiger partial charge is 0.278 e. The van der Waals surface area contributed by atoms with Gasteiger partial charge >= 0.3 is 0 Å². The molecular formula is C7H4Cl2N2O2S. The second-order valence-corrected chi connectivity index (χ2v) is 5.54. The van der Waals surface area contributed by atoms with Crippen LogP contribution in [0, 0.1) is 0 Å². The van der Waals surface area contributed by atoms with Crippen LogP contribution in [-0.4, -0.2) is 18.6 Å². The molecule has 0 bridgehead atoms. The molecule has 1 aromatic heterocycles. The molecule has 1 aromatic carbocycles. The van der Waals surface area contributed by atoms with Crippen LogP contribution in [0.15, 0.2) is 23.2 Å². The third kappa shape index (κ3) is 1.47. The minimum atomic E-state index is -3.81. The van der Waals surface area contributed by atoms with Crippen molar-refractivity contribution in [2.24, 2.45) is 0 Å². The van der Waals surface area contributed by atoms with E-state index in [4.69, 9.17) is 22.3 Å². The highest BCUT2D eigenvalue weighted by Gasteiger charge is 2.18. The lowest BCUT2D eigenvalue weighted by Gasteiger charge is -1.92. The highest BCUT2D eigenvalue weighted by Crippen LogP contribution is 2.27. The van der Waals surface area contributed by atoms with Crippen molar-refractivity contribution in [2.45, 2.75) is 5.03 Å². The summed E-state index contributed by atoms with van der Waals surface area (Å²) in [5, 5.41) is 6.75. The standard InChI is InChI=1S/C7H4Cl2N2O2S/c8-5-3-1-2-4-6(5)10-11-7(4)14(9,12)13/h1-3H,(H,10,11). The SMILES string of the molecule is O=S(=O)(Cl)c1[nH]nc2c(Cl)cccc12. The Hall–Kier alpha value is -0.780. The minimum absolute atomic E-state index is 0.128. The van der Waals surface area contributed by atoms with Crippen LogP contribution in [0.5, 0.6) is 0 Å². The van der Waals surface area contributed by atoms with Crippen molar-refractivity contribution < 1.29 is 8.42 Å². The van der Waals surface area contributed by atoms with Crippen LogP contribution in [0.3, 0.4) is 0 Å². The Bertz CT molecular complexity index is 591. The number of nitrogens with one attached hydrogen (secondary N) is 1. The van der Waals surface area contributed by atoms with E-state index in [1.54, 1.807) is 18.2 Å². The predicted octanol–water partition coefficient (Wildman–Crippen LogP) is 2.14. The number of hydrogen-bond acceptors (Lipinski definition) is 3. The van der Waals surface area contributed by atoms with E-state index in [-0.39, 0.29) is 5.03 Å². The number of benzene rings is 1. The highest BCUT2D eigenvalue weighted by molar-refractivity contribution is 8.13. The average molecular weight is 251 g/mol. The summed E-state index contributed by atoms with van der Waals surface area (Å²) in [7, 11) is 1.38. The van der Waals surface area contributed by atoms with Crippen molar-refractivity contribution in [2.75, 3.05) is 0 Å². The molecule has 74 valence electrons. The Kier molecular flexibility index (Phi) is 2.17. The molecular weight excluding hydrogens is 247 g/mol. The fraction of sp³-hybridized carbons (Fsp3) is 0. The summed E-state index contributed by atoms with van der Waals surface area (Å²) < 4.78 is 22.1. The molecule has 2 rings (SSSR count). The fourth-order valence-electron chi connectivity index (χ4n) is 1.16. The number of aromatic amines is 1. The Labute approximate surface area is 89.2 Å². The number of fused-ring (bicyclic) bond motifs is 1. The molecule has 0 amide bonds. The molecule has 0 aliphatic heterocycles. The van der Waals surface area contributed by atoms with Gasteiger partial charge in [-0.15, -0.1) is 0 Å². The first-order valence-corrected chi connectivity index (χ1v) is 6.26. The Morgan fingerprint density at radius 2 is 2.07 bits per heavy atom. The van der Waals surface area contributed by atoms with Crippen LogP contribution < -0.4 is 0 Å². The third-order valence-electron chi connectivity index (χ3n) is 1.74. The van der Waals surface area contributed by atoms with E-state index in [1.165, 1.54) is 0 Å². The van der Waals surface area contributed by atoms with Crippen molar-refractivity contribution in [1.29, 1.82) is 0 Å². The molecule has 0 atom stereocenters. The first-order chi connectivity index (χ1) is 6.50. The normalized spacial score (nSPS) is 12.1. The first-order valence-electron chi connectivity index (χ1n) is 3.57. The Morgan fingerprint density at radius 1 is 1.36 bits per heavy atom. The average Bonchev–Trinajstić information content (AvgIpc) is 2.47. The van der Waals surface area contributed by atoms with Crippen LogP contribution in [-0.2, 0) is 9.05 Å². The highest BCUT2D eigenvalue weighted by atomic mass is 35.7. The van der Waals surface area contributed by atoms with Gasteiger partial charge in [0.05, 0.1) is 5.02 Å². The lowest BCUT2D eigenvalue weighted by Crippen LogP contribution is -1.90. The number of para-hydroxylation sites is 1. The zero-order valence-corrected chi connectivity index (χ0v) is 8.99. The van der Waals surface area contributed by atoms with Gasteiger partial charge < -0.3 is 0 Å². The molecule has 0 fully saturated rings. The predicted molar refractivity (Wildman–Crippen MR) is 54.1 cm³/mol. The summed E-state index contributed by atoms with van der Waals surface area (Å²) >= 11 is 5.80. The molecule has 1 N–H and O–H groups in total. The van der Waals surface area contributed by atoms with Crippen molar-refractivity contribution in [3.05, 3.63) is 23.2 Å². The quantitative estimate of drug-likeness (QED) is 0.790. The molecule has 0 saturated heterocycles. The monoisotopic (exact) mass is 250 g/mol. The van der Waals surface area contributed by atoms with E-state index >= 15 is 0 Å². The first kappa shape index (κ1) is 9.76. The number of nitrogens with zero attached hydrogens (tertiary/aromatic N) is 1. The Morgan fingerprint density at radius 3 is 2.71 bits per heavy atom. The summed E-state index contributed by atoms with van der Waals surface area (Å²) in [6.45, 7) is 0. The fourth-order valence-corrected chi connectivity index (χ4v) is 2.32. The summed E-state index contributed by atoms with van der Waals surface area (Å²) in [6.07, 6.45) is 0. The van der Waals surface area contributed by atoms with Gasteiger partial charge in [0.1, 0.15) is 5.52 Å². The minimum Gasteiger partial charge on any atom is -0.265 e. The summed E-state index contributed by atoms with van der Waals surface area (Å²) in [5.41, 5.74) is 0.397. The lowest BCUT2D eigenvalue weighted by molar-refractivity contribution is 0.606. The Balaban J connectivity index is 2.90. The smallest absolute Gasteiger partial charge is 0.265 e. The van der Waals surface area contributed by atoms with Crippen LogP contribution in [0.1, 0.15) is 0 Å². The maximum absolute atomic E-state index is 11.1. The van der Waals surface area contributed by atoms with Gasteiger partial charge in [0, 0.05) is 16.1 Å². The van der Waals surface area contributed by atoms with E-state index in [2.05, 4.69) is 10.2 Å². The van der Waals surface area contributed by atoms with Crippen molar-refractivity contribution in [3.8, 4) is 0 Å². The van der Waals surface area contributed by atoms with Gasteiger partial charge in [0.2, 0.25) is 0 Å². The van der Waals surface area contributed by atoms with Gasteiger partial charge in [-0.05, 0) is 12.1 Å². The zero-order chi connectivity index (χ0) is 10.3. The molecule has 2 aromatic rings. The third-order valence-corrected chi connectivity index (χ3v) is 3.31. The van der Waals surface area contributed by atoms with Gasteiger partial charge in [0.25, 0.3) is 9.05 Å². The van der Waals surface area contributed by atoms with Crippen molar-refractivity contribution >= 4 is 42.2 Å².